The maximum atomic E-state index is 12.8. The molecule has 2 unspecified atom stereocenters. The number of nitrogens with zero attached hydrogens (tertiary/aromatic N) is 3. The summed E-state index contributed by atoms with van der Waals surface area (Å²) in [5.41, 5.74) is 1.92. The van der Waals surface area contributed by atoms with Gasteiger partial charge in [0.1, 0.15) is 0 Å². The van der Waals surface area contributed by atoms with Crippen molar-refractivity contribution in [2.24, 2.45) is 11.8 Å². The highest BCUT2D eigenvalue weighted by atomic mass is 35.5. The predicted octanol–water partition coefficient (Wildman–Crippen LogP) is 3.54. The van der Waals surface area contributed by atoms with E-state index in [-0.39, 0.29) is 23.7 Å². The smallest absolute Gasteiger partial charge is 0.227 e. The maximum absolute atomic E-state index is 12.8. The van der Waals surface area contributed by atoms with E-state index in [1.165, 1.54) is 5.56 Å². The van der Waals surface area contributed by atoms with Crippen molar-refractivity contribution in [3.8, 4) is 0 Å². The molecule has 148 valence electrons. The van der Waals surface area contributed by atoms with Crippen LogP contribution in [0, 0.1) is 11.8 Å². The summed E-state index contributed by atoms with van der Waals surface area (Å²) in [6, 6.07) is 7.78. The van der Waals surface area contributed by atoms with E-state index in [2.05, 4.69) is 10.4 Å². The standard InChI is InChI=1S/C21H25ClN4O2/c1-2-26-13-17(12-23-26)24-20(27)15-7-9-25(10-8-15)21(28)19-11-18(19)14-3-5-16(22)6-4-14/h3-6,12-13,15,18-19H,2,7-11H2,1H3,(H,24,27). The Hall–Kier alpha value is -2.34. The molecule has 1 aromatic heterocycles. The molecular formula is C21H25ClN4O2. The molecule has 0 spiro atoms. The van der Waals surface area contributed by atoms with E-state index in [0.717, 1.165) is 23.7 Å². The highest BCUT2D eigenvalue weighted by molar-refractivity contribution is 6.30. The molecule has 28 heavy (non-hydrogen) atoms. The van der Waals surface area contributed by atoms with E-state index in [1.807, 2.05) is 42.3 Å². The summed E-state index contributed by atoms with van der Waals surface area (Å²) >= 11 is 5.94. The molecule has 2 fully saturated rings. The number of carbonyl (C=O) groups excluding carboxylic acids is 2. The van der Waals surface area contributed by atoms with Crippen molar-refractivity contribution in [3.05, 3.63) is 47.2 Å². The number of anilines is 1. The minimum Gasteiger partial charge on any atom is -0.342 e. The Balaban J connectivity index is 1.26. The van der Waals surface area contributed by atoms with Gasteiger partial charge in [0.15, 0.2) is 0 Å². The molecule has 1 aromatic carbocycles. The first-order chi connectivity index (χ1) is 13.5. The van der Waals surface area contributed by atoms with Crippen molar-refractivity contribution in [1.82, 2.24) is 14.7 Å². The van der Waals surface area contributed by atoms with Crippen LogP contribution in [0.4, 0.5) is 5.69 Å². The Morgan fingerprint density at radius 2 is 1.93 bits per heavy atom. The van der Waals surface area contributed by atoms with Gasteiger partial charge in [-0.15, -0.1) is 0 Å². The SMILES string of the molecule is CCn1cc(NC(=O)C2CCN(C(=O)C3CC3c3ccc(Cl)cc3)CC2)cn1. The zero-order chi connectivity index (χ0) is 19.7. The second kappa shape index (κ2) is 7.95. The largest absolute Gasteiger partial charge is 0.342 e. The van der Waals surface area contributed by atoms with Gasteiger partial charge in [-0.05, 0) is 49.8 Å². The van der Waals surface area contributed by atoms with Gasteiger partial charge in [-0.25, -0.2) is 0 Å². The molecule has 0 radical (unpaired) electrons. The van der Waals surface area contributed by atoms with E-state index < -0.39 is 0 Å². The third-order valence-corrected chi connectivity index (χ3v) is 6.06. The van der Waals surface area contributed by atoms with E-state index in [4.69, 9.17) is 11.6 Å². The van der Waals surface area contributed by atoms with Gasteiger partial charge in [0, 0.05) is 42.7 Å². The number of nitrogens with one attached hydrogen (secondary N) is 1. The summed E-state index contributed by atoms with van der Waals surface area (Å²) in [6.45, 7) is 4.07. The Bertz CT molecular complexity index is 856. The normalized spacial score (nSPS) is 22.1. The number of aromatic nitrogens is 2. The second-order valence-electron chi connectivity index (χ2n) is 7.67. The molecule has 2 heterocycles. The van der Waals surface area contributed by atoms with Crippen molar-refractivity contribution in [3.63, 3.8) is 0 Å². The molecule has 0 bridgehead atoms. The summed E-state index contributed by atoms with van der Waals surface area (Å²) in [6.07, 6.45) is 5.82. The number of hydrogen-bond donors (Lipinski definition) is 1. The zero-order valence-electron chi connectivity index (χ0n) is 16.0. The lowest BCUT2D eigenvalue weighted by molar-refractivity contribution is -0.135. The number of benzene rings is 1. The lowest BCUT2D eigenvalue weighted by Gasteiger charge is -2.31. The highest BCUT2D eigenvalue weighted by Crippen LogP contribution is 2.48. The number of aryl methyl sites for hydroxylation is 1. The van der Waals surface area contributed by atoms with Crippen molar-refractivity contribution in [2.45, 2.75) is 38.6 Å². The van der Waals surface area contributed by atoms with Crippen LogP contribution < -0.4 is 5.32 Å². The van der Waals surface area contributed by atoms with Gasteiger partial charge in [0.25, 0.3) is 0 Å². The number of likely N-dealkylation sites (tertiary alicyclic amines) is 1. The number of halogens is 1. The number of carbonyl (C=O) groups is 2. The number of amides is 2. The van der Waals surface area contributed by atoms with E-state index in [9.17, 15) is 9.59 Å². The van der Waals surface area contributed by atoms with Crippen LogP contribution in [0.1, 0.15) is 37.7 Å². The molecule has 2 aromatic rings. The Labute approximate surface area is 169 Å². The Kier molecular flexibility index (Phi) is 5.40. The van der Waals surface area contributed by atoms with Crippen LogP contribution in [0.15, 0.2) is 36.7 Å². The summed E-state index contributed by atoms with van der Waals surface area (Å²) in [5.74, 6) is 0.573. The lowest BCUT2D eigenvalue weighted by atomic mass is 9.95. The van der Waals surface area contributed by atoms with Crippen LogP contribution in [-0.2, 0) is 16.1 Å². The van der Waals surface area contributed by atoms with Gasteiger partial charge in [-0.3, -0.25) is 14.3 Å². The minimum atomic E-state index is -0.0553. The number of hydrogen-bond acceptors (Lipinski definition) is 3. The molecule has 1 aliphatic heterocycles. The zero-order valence-corrected chi connectivity index (χ0v) is 16.7. The molecular weight excluding hydrogens is 376 g/mol. The molecule has 6 nitrogen and oxygen atoms in total. The lowest BCUT2D eigenvalue weighted by Crippen LogP contribution is -2.42. The summed E-state index contributed by atoms with van der Waals surface area (Å²) in [5, 5.41) is 7.83. The fraction of sp³-hybridized carbons (Fsp3) is 0.476. The van der Waals surface area contributed by atoms with Crippen LogP contribution in [0.3, 0.4) is 0 Å². The molecule has 1 aliphatic carbocycles. The molecule has 2 aliphatic rings. The van der Waals surface area contributed by atoms with E-state index in [1.54, 1.807) is 10.9 Å². The van der Waals surface area contributed by atoms with Crippen LogP contribution in [-0.4, -0.2) is 39.6 Å². The third kappa shape index (κ3) is 4.07. The van der Waals surface area contributed by atoms with Gasteiger partial charge in [-0.2, -0.15) is 5.10 Å². The minimum absolute atomic E-state index is 0.0215. The summed E-state index contributed by atoms with van der Waals surface area (Å²) in [4.78, 5) is 27.2. The van der Waals surface area contributed by atoms with Crippen molar-refractivity contribution in [1.29, 1.82) is 0 Å². The second-order valence-corrected chi connectivity index (χ2v) is 8.11. The van der Waals surface area contributed by atoms with E-state index in [0.29, 0.717) is 31.8 Å². The molecule has 7 heteroatoms. The van der Waals surface area contributed by atoms with Gasteiger partial charge in [-0.1, -0.05) is 23.7 Å². The van der Waals surface area contributed by atoms with Crippen LogP contribution >= 0.6 is 11.6 Å². The highest BCUT2D eigenvalue weighted by Gasteiger charge is 2.46. The van der Waals surface area contributed by atoms with Gasteiger partial charge < -0.3 is 10.2 Å². The van der Waals surface area contributed by atoms with Gasteiger partial charge in [0.2, 0.25) is 11.8 Å². The van der Waals surface area contributed by atoms with Crippen molar-refractivity contribution < 1.29 is 9.59 Å². The van der Waals surface area contributed by atoms with Crippen LogP contribution in [0.2, 0.25) is 5.02 Å². The average Bonchev–Trinajstić information content (AvgIpc) is 3.39. The Morgan fingerprint density at radius 1 is 1.21 bits per heavy atom. The fourth-order valence-corrected chi connectivity index (χ4v) is 4.11. The van der Waals surface area contributed by atoms with Crippen LogP contribution in [0.5, 0.6) is 0 Å². The predicted molar refractivity (Wildman–Crippen MR) is 108 cm³/mol. The van der Waals surface area contributed by atoms with Crippen molar-refractivity contribution >= 4 is 29.1 Å². The average molecular weight is 401 g/mol. The summed E-state index contributed by atoms with van der Waals surface area (Å²) < 4.78 is 1.78. The quantitative estimate of drug-likeness (QED) is 0.834. The first-order valence-corrected chi connectivity index (χ1v) is 10.3. The first-order valence-electron chi connectivity index (χ1n) is 9.92. The van der Waals surface area contributed by atoms with Crippen molar-refractivity contribution in [2.75, 3.05) is 18.4 Å². The number of rotatable bonds is 5. The van der Waals surface area contributed by atoms with E-state index >= 15 is 0 Å². The third-order valence-electron chi connectivity index (χ3n) is 5.81. The summed E-state index contributed by atoms with van der Waals surface area (Å²) in [7, 11) is 0. The number of piperidine rings is 1. The molecule has 1 saturated heterocycles. The van der Waals surface area contributed by atoms with Crippen LogP contribution in [0.25, 0.3) is 0 Å². The topological polar surface area (TPSA) is 67.2 Å². The molecule has 2 amide bonds. The maximum Gasteiger partial charge on any atom is 0.227 e. The monoisotopic (exact) mass is 400 g/mol. The molecule has 1 N–H and O–H groups in total. The van der Waals surface area contributed by atoms with Gasteiger partial charge >= 0.3 is 0 Å². The molecule has 4 rings (SSSR count). The molecule has 2 atom stereocenters. The molecule has 1 saturated carbocycles. The van der Waals surface area contributed by atoms with Gasteiger partial charge in [0.05, 0.1) is 11.9 Å². The first kappa shape index (κ1) is 19.0. The Morgan fingerprint density at radius 3 is 2.57 bits per heavy atom. The fourth-order valence-electron chi connectivity index (χ4n) is 3.99.